The minimum Gasteiger partial charge on any atom is -0.469 e. The molecule has 0 radical (unpaired) electrons. The molecule has 1 amide bonds. The van der Waals surface area contributed by atoms with E-state index in [-0.39, 0.29) is 5.91 Å². The third-order valence-electron chi connectivity index (χ3n) is 3.83. The van der Waals surface area contributed by atoms with Crippen molar-refractivity contribution in [2.45, 2.75) is 25.9 Å². The summed E-state index contributed by atoms with van der Waals surface area (Å²) < 4.78 is 5.24. The molecule has 0 aliphatic carbocycles. The van der Waals surface area contributed by atoms with Gasteiger partial charge in [-0.15, -0.1) is 0 Å². The SMILES string of the molecule is Cc1cc(C(O)c2ccc3c(c2)CCC(=O)N3C)co1. The summed E-state index contributed by atoms with van der Waals surface area (Å²) in [7, 11) is 1.79. The number of aryl methyl sites for hydroxylation is 2. The lowest BCUT2D eigenvalue weighted by molar-refractivity contribution is -0.118. The number of carbonyl (C=O) groups is 1. The predicted octanol–water partition coefficient (Wildman–Crippen LogP) is 2.58. The molecule has 0 fully saturated rings. The molecule has 3 rings (SSSR count). The standard InChI is InChI=1S/C16H17NO3/c1-10-7-13(9-20-10)16(19)12-3-5-14-11(8-12)4-6-15(18)17(14)2/h3,5,7-9,16,19H,4,6H2,1-2H3. The third kappa shape index (κ3) is 2.12. The Hall–Kier alpha value is -2.07. The fourth-order valence-corrected chi connectivity index (χ4v) is 2.65. The molecule has 4 heteroatoms. The Labute approximate surface area is 117 Å². The first-order chi connectivity index (χ1) is 9.56. The summed E-state index contributed by atoms with van der Waals surface area (Å²) in [6.07, 6.45) is 2.13. The molecule has 1 aliphatic rings. The van der Waals surface area contributed by atoms with Crippen LogP contribution >= 0.6 is 0 Å². The number of furan rings is 1. The van der Waals surface area contributed by atoms with Gasteiger partial charge < -0.3 is 14.4 Å². The molecular formula is C16H17NO3. The molecule has 1 atom stereocenters. The van der Waals surface area contributed by atoms with E-state index in [1.165, 1.54) is 0 Å². The molecule has 0 saturated heterocycles. The van der Waals surface area contributed by atoms with E-state index < -0.39 is 6.10 Å². The van der Waals surface area contributed by atoms with E-state index in [0.29, 0.717) is 6.42 Å². The first-order valence-corrected chi connectivity index (χ1v) is 6.69. The molecule has 0 bridgehead atoms. The van der Waals surface area contributed by atoms with E-state index in [2.05, 4.69) is 0 Å². The Morgan fingerprint density at radius 2 is 2.05 bits per heavy atom. The van der Waals surface area contributed by atoms with E-state index in [0.717, 1.165) is 34.6 Å². The highest BCUT2D eigenvalue weighted by atomic mass is 16.3. The van der Waals surface area contributed by atoms with Crippen molar-refractivity contribution in [3.05, 3.63) is 53.0 Å². The summed E-state index contributed by atoms with van der Waals surface area (Å²) in [6.45, 7) is 1.85. The lowest BCUT2D eigenvalue weighted by Crippen LogP contribution is -2.31. The molecule has 1 aliphatic heterocycles. The number of anilines is 1. The quantitative estimate of drug-likeness (QED) is 0.913. The third-order valence-corrected chi connectivity index (χ3v) is 3.83. The molecule has 1 aromatic carbocycles. The molecular weight excluding hydrogens is 254 g/mol. The molecule has 1 N–H and O–H groups in total. The Morgan fingerprint density at radius 3 is 2.75 bits per heavy atom. The van der Waals surface area contributed by atoms with Crippen molar-refractivity contribution in [1.82, 2.24) is 0 Å². The minimum absolute atomic E-state index is 0.135. The van der Waals surface area contributed by atoms with Crippen LogP contribution in [0.4, 0.5) is 5.69 Å². The first kappa shape index (κ1) is 12.9. The number of hydrogen-bond donors (Lipinski definition) is 1. The van der Waals surface area contributed by atoms with E-state index >= 15 is 0 Å². The molecule has 0 spiro atoms. The fourth-order valence-electron chi connectivity index (χ4n) is 2.65. The van der Waals surface area contributed by atoms with Crippen molar-refractivity contribution < 1.29 is 14.3 Å². The smallest absolute Gasteiger partial charge is 0.227 e. The van der Waals surface area contributed by atoms with Crippen molar-refractivity contribution in [2.75, 3.05) is 11.9 Å². The van der Waals surface area contributed by atoms with Gasteiger partial charge in [0.05, 0.1) is 6.26 Å². The zero-order valence-corrected chi connectivity index (χ0v) is 11.6. The van der Waals surface area contributed by atoms with Gasteiger partial charge in [-0.25, -0.2) is 0 Å². The molecule has 0 saturated carbocycles. The van der Waals surface area contributed by atoms with E-state index in [4.69, 9.17) is 4.42 Å². The van der Waals surface area contributed by atoms with Gasteiger partial charge in [0.15, 0.2) is 0 Å². The summed E-state index contributed by atoms with van der Waals surface area (Å²) >= 11 is 0. The van der Waals surface area contributed by atoms with E-state index in [1.54, 1.807) is 18.2 Å². The number of aliphatic hydroxyl groups is 1. The number of hydrogen-bond acceptors (Lipinski definition) is 3. The molecule has 20 heavy (non-hydrogen) atoms. The summed E-state index contributed by atoms with van der Waals surface area (Å²) in [5.74, 6) is 0.915. The van der Waals surface area contributed by atoms with Crippen molar-refractivity contribution in [3.63, 3.8) is 0 Å². The van der Waals surface area contributed by atoms with Crippen LogP contribution in [0.3, 0.4) is 0 Å². The zero-order valence-electron chi connectivity index (χ0n) is 11.6. The topological polar surface area (TPSA) is 53.7 Å². The summed E-state index contributed by atoms with van der Waals surface area (Å²) in [5, 5.41) is 10.4. The predicted molar refractivity (Wildman–Crippen MR) is 75.7 cm³/mol. The van der Waals surface area contributed by atoms with Gasteiger partial charge in [0.1, 0.15) is 11.9 Å². The van der Waals surface area contributed by atoms with E-state index in [1.807, 2.05) is 31.2 Å². The van der Waals surface area contributed by atoms with Crippen molar-refractivity contribution in [2.24, 2.45) is 0 Å². The van der Waals surface area contributed by atoms with Gasteiger partial charge in [-0.05, 0) is 36.6 Å². The van der Waals surface area contributed by atoms with Crippen LogP contribution in [0.1, 0.15) is 35.0 Å². The second-order valence-electron chi connectivity index (χ2n) is 5.23. The maximum Gasteiger partial charge on any atom is 0.227 e. The molecule has 2 heterocycles. The summed E-state index contributed by atoms with van der Waals surface area (Å²) in [4.78, 5) is 13.3. The van der Waals surface area contributed by atoms with Gasteiger partial charge in [0.2, 0.25) is 5.91 Å². The lowest BCUT2D eigenvalue weighted by atomic mass is 9.95. The van der Waals surface area contributed by atoms with Gasteiger partial charge >= 0.3 is 0 Å². The second-order valence-corrected chi connectivity index (χ2v) is 5.23. The second kappa shape index (κ2) is 4.80. The van der Waals surface area contributed by atoms with Crippen molar-refractivity contribution >= 4 is 11.6 Å². The van der Waals surface area contributed by atoms with Gasteiger partial charge in [-0.1, -0.05) is 12.1 Å². The maximum atomic E-state index is 11.7. The molecule has 104 valence electrons. The zero-order chi connectivity index (χ0) is 14.3. The highest BCUT2D eigenvalue weighted by Gasteiger charge is 2.22. The molecule has 2 aromatic rings. The fraction of sp³-hybridized carbons (Fsp3) is 0.312. The first-order valence-electron chi connectivity index (χ1n) is 6.69. The number of amides is 1. The summed E-state index contributed by atoms with van der Waals surface area (Å²) in [5.41, 5.74) is 3.61. The van der Waals surface area contributed by atoms with E-state index in [9.17, 15) is 9.90 Å². The van der Waals surface area contributed by atoms with Crippen LogP contribution in [0, 0.1) is 6.92 Å². The van der Waals surface area contributed by atoms with Crippen LogP contribution in [0.15, 0.2) is 34.9 Å². The Kier molecular flexibility index (Phi) is 3.10. The number of aliphatic hydroxyl groups excluding tert-OH is 1. The van der Waals surface area contributed by atoms with Crippen LogP contribution in [-0.2, 0) is 11.2 Å². The van der Waals surface area contributed by atoms with Crippen molar-refractivity contribution in [1.29, 1.82) is 0 Å². The van der Waals surface area contributed by atoms with Gasteiger partial charge in [-0.3, -0.25) is 4.79 Å². The minimum atomic E-state index is -0.694. The highest BCUT2D eigenvalue weighted by molar-refractivity contribution is 5.95. The van der Waals surface area contributed by atoms with Gasteiger partial charge in [0, 0.05) is 24.7 Å². The van der Waals surface area contributed by atoms with Crippen LogP contribution in [0.25, 0.3) is 0 Å². The molecule has 4 nitrogen and oxygen atoms in total. The van der Waals surface area contributed by atoms with Crippen LogP contribution < -0.4 is 4.90 Å². The van der Waals surface area contributed by atoms with Crippen LogP contribution in [0.2, 0.25) is 0 Å². The number of fused-ring (bicyclic) bond motifs is 1. The Balaban J connectivity index is 1.95. The summed E-state index contributed by atoms with van der Waals surface area (Å²) in [6, 6.07) is 7.57. The highest BCUT2D eigenvalue weighted by Crippen LogP contribution is 2.31. The average Bonchev–Trinajstić information content (AvgIpc) is 2.88. The number of benzene rings is 1. The largest absolute Gasteiger partial charge is 0.469 e. The van der Waals surface area contributed by atoms with Crippen molar-refractivity contribution in [3.8, 4) is 0 Å². The Bertz CT molecular complexity index is 659. The lowest BCUT2D eigenvalue weighted by Gasteiger charge is -2.26. The number of carbonyl (C=O) groups excluding carboxylic acids is 1. The Morgan fingerprint density at radius 1 is 1.25 bits per heavy atom. The number of nitrogens with zero attached hydrogens (tertiary/aromatic N) is 1. The van der Waals surface area contributed by atoms with Gasteiger partial charge in [-0.2, -0.15) is 0 Å². The maximum absolute atomic E-state index is 11.7. The van der Waals surface area contributed by atoms with Gasteiger partial charge in [0.25, 0.3) is 0 Å². The number of rotatable bonds is 2. The average molecular weight is 271 g/mol. The normalized spacial score (nSPS) is 16.1. The molecule has 1 aromatic heterocycles. The monoisotopic (exact) mass is 271 g/mol. The molecule has 1 unspecified atom stereocenters. The van der Waals surface area contributed by atoms with Crippen LogP contribution in [0.5, 0.6) is 0 Å². The van der Waals surface area contributed by atoms with Crippen LogP contribution in [-0.4, -0.2) is 18.1 Å².